The number of halogens is 3. The molecule has 0 saturated heterocycles. The van der Waals surface area contributed by atoms with E-state index in [1.54, 1.807) is 20.0 Å². The summed E-state index contributed by atoms with van der Waals surface area (Å²) < 4.78 is 41.7. The average Bonchev–Trinajstić information content (AvgIpc) is 3.12. The van der Waals surface area contributed by atoms with Crippen LogP contribution in [0.15, 0.2) is 22.2 Å². The van der Waals surface area contributed by atoms with Gasteiger partial charge in [-0.2, -0.15) is 18.3 Å². The lowest BCUT2D eigenvalue weighted by Gasteiger charge is -2.24. The van der Waals surface area contributed by atoms with Gasteiger partial charge in [0.05, 0.1) is 17.9 Å². The first-order chi connectivity index (χ1) is 12.2. The Morgan fingerprint density at radius 1 is 1.42 bits per heavy atom. The molecule has 0 aliphatic carbocycles. The predicted molar refractivity (Wildman–Crippen MR) is 88.0 cm³/mol. The molecule has 0 radical (unpaired) electrons. The molecule has 7 nitrogen and oxygen atoms in total. The Labute approximate surface area is 150 Å². The maximum Gasteiger partial charge on any atom is 0.406 e. The molecule has 0 spiro atoms. The molecule has 0 bridgehead atoms. The van der Waals surface area contributed by atoms with Crippen molar-refractivity contribution in [1.29, 1.82) is 0 Å². The van der Waals surface area contributed by atoms with Crippen LogP contribution in [0.5, 0.6) is 0 Å². The van der Waals surface area contributed by atoms with Crippen LogP contribution in [-0.4, -0.2) is 48.6 Å². The number of carbonyl (C=O) groups is 1. The van der Waals surface area contributed by atoms with E-state index in [0.717, 1.165) is 6.20 Å². The van der Waals surface area contributed by atoms with Crippen molar-refractivity contribution in [2.45, 2.75) is 31.3 Å². The van der Waals surface area contributed by atoms with Crippen molar-refractivity contribution in [1.82, 2.24) is 24.2 Å². The smallest absolute Gasteiger partial charge is 0.323 e. The lowest BCUT2D eigenvalue weighted by Crippen LogP contribution is -2.42. The molecule has 0 aromatic carbocycles. The number of rotatable bonds is 4. The molecule has 0 fully saturated rings. The largest absolute Gasteiger partial charge is 0.406 e. The first kappa shape index (κ1) is 18.5. The number of thioether (sulfide) groups is 1. The first-order valence-corrected chi connectivity index (χ1v) is 8.72. The van der Waals surface area contributed by atoms with E-state index >= 15 is 0 Å². The zero-order valence-corrected chi connectivity index (χ0v) is 14.9. The summed E-state index contributed by atoms with van der Waals surface area (Å²) in [7, 11) is 1.58. The molecule has 3 heterocycles. The molecule has 0 unspecified atom stereocenters. The molecule has 140 valence electrons. The maximum atomic E-state index is 13.0. The molecular weight excluding hydrogens is 371 g/mol. The van der Waals surface area contributed by atoms with Crippen LogP contribution in [0.25, 0.3) is 0 Å². The molecule has 1 aliphatic rings. The van der Waals surface area contributed by atoms with Crippen LogP contribution in [0.1, 0.15) is 21.7 Å². The third kappa shape index (κ3) is 3.76. The number of aryl methyl sites for hydroxylation is 2. The predicted octanol–water partition coefficient (Wildman–Crippen LogP) is 1.60. The summed E-state index contributed by atoms with van der Waals surface area (Å²) in [6, 6.07) is 1.60. The fraction of sp³-hybridized carbons (Fsp3) is 0.467. The van der Waals surface area contributed by atoms with E-state index in [2.05, 4.69) is 10.1 Å². The number of amides is 1. The van der Waals surface area contributed by atoms with Crippen LogP contribution >= 0.6 is 11.8 Å². The summed E-state index contributed by atoms with van der Waals surface area (Å²) in [5, 5.41) is 4.54. The van der Waals surface area contributed by atoms with Crippen LogP contribution in [0, 0.1) is 6.92 Å². The Hall–Kier alpha value is -2.30. The number of nitrogens with zero attached hydrogens (tertiary/aromatic N) is 5. The molecule has 2 aromatic heterocycles. The van der Waals surface area contributed by atoms with E-state index < -0.39 is 24.2 Å². The van der Waals surface area contributed by atoms with Gasteiger partial charge in [-0.1, -0.05) is 11.8 Å². The van der Waals surface area contributed by atoms with Crippen LogP contribution in [0.2, 0.25) is 0 Å². The molecule has 1 amide bonds. The van der Waals surface area contributed by atoms with Crippen LogP contribution in [0.4, 0.5) is 13.2 Å². The molecule has 0 atom stereocenters. The first-order valence-electron chi connectivity index (χ1n) is 7.74. The molecule has 3 rings (SSSR count). The van der Waals surface area contributed by atoms with Crippen LogP contribution < -0.4 is 5.56 Å². The van der Waals surface area contributed by atoms with Gasteiger partial charge in [0.2, 0.25) is 0 Å². The monoisotopic (exact) mass is 387 g/mol. The van der Waals surface area contributed by atoms with Crippen molar-refractivity contribution in [3.63, 3.8) is 0 Å². The Balaban J connectivity index is 1.95. The van der Waals surface area contributed by atoms with E-state index in [1.807, 2.05) is 0 Å². The van der Waals surface area contributed by atoms with Gasteiger partial charge in [-0.3, -0.25) is 18.8 Å². The quantitative estimate of drug-likeness (QED) is 0.745. The van der Waals surface area contributed by atoms with E-state index in [0.29, 0.717) is 33.7 Å². The second-order valence-electron chi connectivity index (χ2n) is 5.94. The fourth-order valence-electron chi connectivity index (χ4n) is 2.76. The molecule has 11 heteroatoms. The normalized spacial score (nSPS) is 13.7. The lowest BCUT2D eigenvalue weighted by atomic mass is 10.2. The van der Waals surface area contributed by atoms with E-state index in [4.69, 9.17) is 0 Å². The molecule has 26 heavy (non-hydrogen) atoms. The molecule has 2 aromatic rings. The van der Waals surface area contributed by atoms with Gasteiger partial charge in [-0.05, 0) is 13.0 Å². The summed E-state index contributed by atoms with van der Waals surface area (Å²) in [5.74, 6) is -0.355. The van der Waals surface area contributed by atoms with Crippen molar-refractivity contribution in [3.05, 3.63) is 39.6 Å². The van der Waals surface area contributed by atoms with Crippen molar-refractivity contribution in [2.24, 2.45) is 7.05 Å². The summed E-state index contributed by atoms with van der Waals surface area (Å²) in [6.07, 6.45) is -3.54. The van der Waals surface area contributed by atoms with E-state index in [1.165, 1.54) is 21.0 Å². The van der Waals surface area contributed by atoms with Gasteiger partial charge in [-0.15, -0.1) is 0 Å². The molecular formula is C15H16F3N5O2S. The summed E-state index contributed by atoms with van der Waals surface area (Å²) in [4.78, 5) is 29.8. The maximum absolute atomic E-state index is 13.0. The van der Waals surface area contributed by atoms with Gasteiger partial charge in [0.1, 0.15) is 12.1 Å². The highest BCUT2D eigenvalue weighted by Crippen LogP contribution is 2.22. The van der Waals surface area contributed by atoms with E-state index in [9.17, 15) is 22.8 Å². The second kappa shape index (κ2) is 6.78. The van der Waals surface area contributed by atoms with Gasteiger partial charge in [0.15, 0.2) is 5.16 Å². The van der Waals surface area contributed by atoms with Crippen molar-refractivity contribution in [3.8, 4) is 0 Å². The summed E-state index contributed by atoms with van der Waals surface area (Å²) in [5.41, 5.74) is 0.0841. The molecule has 0 N–H and O–H groups in total. The third-order valence-electron chi connectivity index (χ3n) is 3.90. The summed E-state index contributed by atoms with van der Waals surface area (Å²) >= 11 is 1.36. The van der Waals surface area contributed by atoms with E-state index in [-0.39, 0.29) is 12.1 Å². The van der Waals surface area contributed by atoms with Crippen LogP contribution in [-0.2, 0) is 20.1 Å². The van der Waals surface area contributed by atoms with Gasteiger partial charge in [-0.25, -0.2) is 4.98 Å². The minimum atomic E-state index is -4.60. The second-order valence-corrected chi connectivity index (χ2v) is 7.00. The minimum Gasteiger partial charge on any atom is -0.323 e. The Bertz CT molecular complexity index is 906. The highest BCUT2D eigenvalue weighted by atomic mass is 32.2. The van der Waals surface area contributed by atoms with Crippen molar-refractivity contribution >= 4 is 17.7 Å². The lowest BCUT2D eigenvalue weighted by molar-refractivity contribution is -0.141. The SMILES string of the molecule is Cc1cc(CN(CC(F)(F)F)C(=O)c2cnc3n(c2=O)CCS3)n(C)n1. The van der Waals surface area contributed by atoms with Crippen molar-refractivity contribution in [2.75, 3.05) is 12.3 Å². The molecule has 0 saturated carbocycles. The standard InChI is InChI=1S/C15H16F3N5O2S/c1-9-5-10(21(2)20-9)7-22(8-15(16,17)18)12(24)11-6-19-14-23(13(11)25)3-4-26-14/h5-6H,3-4,7-8H2,1-2H3. The number of hydrogen-bond acceptors (Lipinski definition) is 5. The Kier molecular flexibility index (Phi) is 4.82. The number of hydrogen-bond donors (Lipinski definition) is 0. The van der Waals surface area contributed by atoms with Gasteiger partial charge >= 0.3 is 6.18 Å². The zero-order valence-electron chi connectivity index (χ0n) is 14.1. The Morgan fingerprint density at radius 3 is 2.77 bits per heavy atom. The zero-order chi connectivity index (χ0) is 19.1. The number of fused-ring (bicyclic) bond motifs is 1. The van der Waals surface area contributed by atoms with Crippen molar-refractivity contribution < 1.29 is 18.0 Å². The number of aromatic nitrogens is 4. The fourth-order valence-corrected chi connectivity index (χ4v) is 3.67. The number of carbonyl (C=O) groups excluding carboxylic acids is 1. The van der Waals surface area contributed by atoms with Gasteiger partial charge in [0, 0.05) is 25.5 Å². The average molecular weight is 387 g/mol. The summed E-state index contributed by atoms with van der Waals surface area (Å²) in [6.45, 7) is 0.304. The number of alkyl halides is 3. The third-order valence-corrected chi connectivity index (χ3v) is 4.87. The highest BCUT2D eigenvalue weighted by Gasteiger charge is 2.35. The topological polar surface area (TPSA) is 73.0 Å². The Morgan fingerprint density at radius 2 is 2.15 bits per heavy atom. The minimum absolute atomic E-state index is 0.314. The highest BCUT2D eigenvalue weighted by molar-refractivity contribution is 7.99. The van der Waals surface area contributed by atoms with Gasteiger partial charge < -0.3 is 4.90 Å². The molecule has 1 aliphatic heterocycles. The van der Waals surface area contributed by atoms with Crippen LogP contribution in [0.3, 0.4) is 0 Å². The van der Waals surface area contributed by atoms with Gasteiger partial charge in [0.25, 0.3) is 11.5 Å².